The van der Waals surface area contributed by atoms with Crippen molar-refractivity contribution < 1.29 is 9.32 Å². The van der Waals surface area contributed by atoms with E-state index in [0.29, 0.717) is 28.7 Å². The van der Waals surface area contributed by atoms with E-state index in [1.165, 1.54) is 0 Å². The number of hydrogen-bond acceptors (Lipinski definition) is 7. The molecule has 3 aromatic heterocycles. The van der Waals surface area contributed by atoms with E-state index in [1.807, 2.05) is 22.9 Å². The van der Waals surface area contributed by atoms with E-state index in [-0.39, 0.29) is 11.9 Å². The minimum Gasteiger partial charge on any atom is -0.338 e. The van der Waals surface area contributed by atoms with E-state index in [4.69, 9.17) is 4.52 Å². The third kappa shape index (κ3) is 4.29. The van der Waals surface area contributed by atoms with Gasteiger partial charge < -0.3 is 9.84 Å². The van der Waals surface area contributed by atoms with Crippen LogP contribution in [0.4, 0.5) is 5.69 Å². The van der Waals surface area contributed by atoms with Gasteiger partial charge in [0, 0.05) is 21.9 Å². The van der Waals surface area contributed by atoms with Gasteiger partial charge in [0.25, 0.3) is 5.91 Å². The number of aromatic nitrogens is 5. The second-order valence-electron chi connectivity index (χ2n) is 6.82. The van der Waals surface area contributed by atoms with Crippen LogP contribution < -0.4 is 5.32 Å². The summed E-state index contributed by atoms with van der Waals surface area (Å²) < 4.78 is 6.96. The molecule has 0 fully saturated rings. The molecule has 0 saturated carbocycles. The molecule has 4 rings (SSSR count). The fourth-order valence-electron chi connectivity index (χ4n) is 2.84. The quantitative estimate of drug-likeness (QED) is 0.476. The number of pyridine rings is 1. The number of fused-ring (bicyclic) bond motifs is 1. The van der Waals surface area contributed by atoms with Crippen molar-refractivity contribution >= 4 is 34.4 Å². The molecule has 0 spiro atoms. The number of thioether (sulfide) groups is 1. The van der Waals surface area contributed by atoms with E-state index in [2.05, 4.69) is 39.4 Å². The van der Waals surface area contributed by atoms with E-state index < -0.39 is 0 Å². The molecule has 3 heterocycles. The molecule has 8 nitrogen and oxygen atoms in total. The zero-order valence-electron chi connectivity index (χ0n) is 16.3. The predicted octanol–water partition coefficient (Wildman–Crippen LogP) is 4.25. The van der Waals surface area contributed by atoms with Crippen molar-refractivity contribution in [2.75, 3.05) is 5.32 Å². The molecule has 0 unspecified atom stereocenters. The minimum atomic E-state index is -0.188. The molecular formula is C20H20N6O2S. The van der Waals surface area contributed by atoms with Gasteiger partial charge in [0.2, 0.25) is 5.89 Å². The first-order valence-corrected chi connectivity index (χ1v) is 10.1. The maximum absolute atomic E-state index is 12.6. The molecule has 4 aromatic rings. The molecule has 148 valence electrons. The van der Waals surface area contributed by atoms with E-state index in [1.54, 1.807) is 43.2 Å². The maximum atomic E-state index is 12.6. The number of nitrogens with zero attached hydrogens (tertiary/aromatic N) is 5. The molecule has 9 heteroatoms. The highest BCUT2D eigenvalue weighted by Crippen LogP contribution is 2.23. The third-order valence-corrected chi connectivity index (χ3v) is 5.23. The van der Waals surface area contributed by atoms with Gasteiger partial charge in [0.15, 0.2) is 11.5 Å². The summed E-state index contributed by atoms with van der Waals surface area (Å²) in [6, 6.07) is 9.48. The average Bonchev–Trinajstić information content (AvgIpc) is 3.32. The van der Waals surface area contributed by atoms with Crippen LogP contribution in [0.1, 0.15) is 42.0 Å². The van der Waals surface area contributed by atoms with Gasteiger partial charge >= 0.3 is 0 Å². The van der Waals surface area contributed by atoms with Gasteiger partial charge in [-0.05, 0) is 51.1 Å². The lowest BCUT2D eigenvalue weighted by atomic mass is 10.2. The van der Waals surface area contributed by atoms with E-state index in [9.17, 15) is 4.79 Å². The standard InChI is InChI=1S/C20H20N6O2S/c1-12(2)26-19-15(9-22-26)8-16(10-21-19)24-20(27)14-4-6-17(7-5-14)29-11-18-23-13(3)25-28-18/h4-10,12H,11H2,1-3H3,(H,24,27). The molecule has 1 aromatic carbocycles. The predicted molar refractivity (Wildman–Crippen MR) is 111 cm³/mol. The molecule has 0 atom stereocenters. The van der Waals surface area contributed by atoms with Gasteiger partial charge in [-0.3, -0.25) is 4.79 Å². The Kier molecular flexibility index (Phi) is 5.30. The summed E-state index contributed by atoms with van der Waals surface area (Å²) in [6.45, 7) is 5.89. The lowest BCUT2D eigenvalue weighted by molar-refractivity contribution is 0.102. The Bertz CT molecular complexity index is 1150. The fourth-order valence-corrected chi connectivity index (χ4v) is 3.57. The Labute approximate surface area is 171 Å². The lowest BCUT2D eigenvalue weighted by Gasteiger charge is -2.08. The maximum Gasteiger partial charge on any atom is 0.255 e. The van der Waals surface area contributed by atoms with Crippen molar-refractivity contribution in [1.29, 1.82) is 0 Å². The zero-order chi connectivity index (χ0) is 20.4. The summed E-state index contributed by atoms with van der Waals surface area (Å²) in [5.41, 5.74) is 2.01. The van der Waals surface area contributed by atoms with Crippen LogP contribution in [-0.4, -0.2) is 30.8 Å². The zero-order valence-corrected chi connectivity index (χ0v) is 17.1. The number of nitrogens with one attached hydrogen (secondary N) is 1. The molecule has 29 heavy (non-hydrogen) atoms. The monoisotopic (exact) mass is 408 g/mol. The van der Waals surface area contributed by atoms with Crippen LogP contribution in [0.2, 0.25) is 0 Å². The van der Waals surface area contributed by atoms with E-state index in [0.717, 1.165) is 15.9 Å². The second-order valence-corrected chi connectivity index (χ2v) is 7.87. The summed E-state index contributed by atoms with van der Waals surface area (Å²) in [7, 11) is 0. The normalized spacial score (nSPS) is 11.3. The highest BCUT2D eigenvalue weighted by molar-refractivity contribution is 7.98. The summed E-state index contributed by atoms with van der Waals surface area (Å²) in [5.74, 6) is 1.60. The highest BCUT2D eigenvalue weighted by Gasteiger charge is 2.11. The molecule has 1 amide bonds. The Balaban J connectivity index is 1.41. The molecule has 1 N–H and O–H groups in total. The molecule has 0 aliphatic rings. The van der Waals surface area contributed by atoms with Crippen molar-refractivity contribution in [2.45, 2.75) is 37.5 Å². The molecule has 0 aliphatic carbocycles. The first-order chi connectivity index (χ1) is 14.0. The Morgan fingerprint density at radius 2 is 2.03 bits per heavy atom. The first-order valence-electron chi connectivity index (χ1n) is 9.16. The van der Waals surface area contributed by atoms with Crippen LogP contribution in [0.3, 0.4) is 0 Å². The van der Waals surface area contributed by atoms with Gasteiger partial charge in [0.1, 0.15) is 0 Å². The van der Waals surface area contributed by atoms with Crippen molar-refractivity contribution in [1.82, 2.24) is 24.9 Å². The van der Waals surface area contributed by atoms with Crippen LogP contribution in [-0.2, 0) is 5.75 Å². The Hall–Kier alpha value is -3.20. The lowest BCUT2D eigenvalue weighted by Crippen LogP contribution is -2.12. The first kappa shape index (κ1) is 19.1. The van der Waals surface area contributed by atoms with Crippen LogP contribution in [0, 0.1) is 6.92 Å². The van der Waals surface area contributed by atoms with E-state index >= 15 is 0 Å². The van der Waals surface area contributed by atoms with Gasteiger partial charge in [-0.15, -0.1) is 11.8 Å². The number of rotatable bonds is 6. The van der Waals surface area contributed by atoms with Crippen molar-refractivity contribution in [3.63, 3.8) is 0 Å². The summed E-state index contributed by atoms with van der Waals surface area (Å²) in [4.78, 5) is 22.2. The Morgan fingerprint density at radius 1 is 1.24 bits per heavy atom. The summed E-state index contributed by atoms with van der Waals surface area (Å²) in [6.07, 6.45) is 3.41. The van der Waals surface area contributed by atoms with Crippen molar-refractivity contribution in [2.24, 2.45) is 0 Å². The number of carbonyl (C=O) groups is 1. The van der Waals surface area contributed by atoms with Gasteiger partial charge in [0.05, 0.1) is 23.8 Å². The van der Waals surface area contributed by atoms with Crippen molar-refractivity contribution in [3.05, 3.63) is 60.0 Å². The number of aryl methyl sites for hydroxylation is 1. The molecule has 0 bridgehead atoms. The topological polar surface area (TPSA) is 98.7 Å². The number of anilines is 1. The van der Waals surface area contributed by atoms with Gasteiger partial charge in [-0.2, -0.15) is 10.1 Å². The van der Waals surface area contributed by atoms with Crippen LogP contribution >= 0.6 is 11.8 Å². The SMILES string of the molecule is Cc1noc(CSc2ccc(C(=O)Nc3cnc4c(cnn4C(C)C)c3)cc2)n1. The highest BCUT2D eigenvalue weighted by atomic mass is 32.2. The second kappa shape index (κ2) is 8.04. The number of carbonyl (C=O) groups excluding carboxylic acids is 1. The van der Waals surface area contributed by atoms with Gasteiger partial charge in [-0.25, -0.2) is 9.67 Å². The van der Waals surface area contributed by atoms with Crippen LogP contribution in [0.5, 0.6) is 0 Å². The molecule has 0 radical (unpaired) electrons. The summed E-state index contributed by atoms with van der Waals surface area (Å²) >= 11 is 1.57. The van der Waals surface area contributed by atoms with Crippen LogP contribution in [0.15, 0.2) is 52.1 Å². The minimum absolute atomic E-state index is 0.188. The molecular weight excluding hydrogens is 388 g/mol. The van der Waals surface area contributed by atoms with Gasteiger partial charge in [-0.1, -0.05) is 5.16 Å². The van der Waals surface area contributed by atoms with Crippen molar-refractivity contribution in [3.8, 4) is 0 Å². The molecule has 0 aliphatic heterocycles. The fraction of sp³-hybridized carbons (Fsp3) is 0.250. The third-order valence-electron chi connectivity index (χ3n) is 4.23. The average molecular weight is 408 g/mol. The summed E-state index contributed by atoms with van der Waals surface area (Å²) in [5, 5.41) is 11.9. The Morgan fingerprint density at radius 3 is 2.72 bits per heavy atom. The largest absolute Gasteiger partial charge is 0.338 e. The van der Waals surface area contributed by atoms with Crippen LogP contribution in [0.25, 0.3) is 11.0 Å². The smallest absolute Gasteiger partial charge is 0.255 e. The molecule has 0 saturated heterocycles. The number of hydrogen-bond donors (Lipinski definition) is 1. The number of benzene rings is 1. The number of amides is 1.